The van der Waals surface area contributed by atoms with Crippen LogP contribution in [-0.4, -0.2) is 41.0 Å². The molecule has 0 bridgehead atoms. The first-order valence-corrected chi connectivity index (χ1v) is 6.18. The molecule has 1 aliphatic carbocycles. The number of hydrogen-bond donors (Lipinski definition) is 2. The number of aryl methyl sites for hydroxylation is 1. The molecule has 1 aromatic rings. The van der Waals surface area contributed by atoms with Crippen LogP contribution in [0.2, 0.25) is 0 Å². The topological polar surface area (TPSA) is 101 Å². The number of nitrogens with one attached hydrogen (secondary N) is 1. The number of nitrogens with zero attached hydrogens (tertiary/aromatic N) is 2. The maximum Gasteiger partial charge on any atom is 0.245 e. The summed E-state index contributed by atoms with van der Waals surface area (Å²) in [5.41, 5.74) is 5.15. The van der Waals surface area contributed by atoms with Crippen molar-refractivity contribution in [3.05, 3.63) is 11.8 Å². The van der Waals surface area contributed by atoms with Gasteiger partial charge in [-0.25, -0.2) is 0 Å². The number of anilines is 1. The number of carbonyl (C=O) groups excluding carboxylic acids is 2. The van der Waals surface area contributed by atoms with E-state index in [9.17, 15) is 9.59 Å². The second-order valence-electron chi connectivity index (χ2n) is 5.04. The molecule has 0 aliphatic heterocycles. The van der Waals surface area contributed by atoms with Crippen molar-refractivity contribution in [1.82, 2.24) is 10.1 Å². The molecule has 2 amide bonds. The van der Waals surface area contributed by atoms with Crippen molar-refractivity contribution in [1.29, 1.82) is 0 Å². The predicted octanol–water partition coefficient (Wildman–Crippen LogP) is 0.261. The van der Waals surface area contributed by atoms with Crippen LogP contribution in [-0.2, 0) is 9.59 Å². The van der Waals surface area contributed by atoms with Gasteiger partial charge in [0.25, 0.3) is 0 Å². The van der Waals surface area contributed by atoms with Crippen LogP contribution in [0.15, 0.2) is 10.6 Å². The van der Waals surface area contributed by atoms with Gasteiger partial charge in [-0.1, -0.05) is 5.16 Å². The van der Waals surface area contributed by atoms with Gasteiger partial charge in [-0.2, -0.15) is 0 Å². The second-order valence-corrected chi connectivity index (χ2v) is 5.04. The highest BCUT2D eigenvalue weighted by Crippen LogP contribution is 2.30. The van der Waals surface area contributed by atoms with E-state index in [4.69, 9.17) is 10.3 Å². The third kappa shape index (κ3) is 2.93. The van der Waals surface area contributed by atoms with Gasteiger partial charge in [0.2, 0.25) is 11.8 Å². The average molecular weight is 266 g/mol. The lowest BCUT2D eigenvalue weighted by molar-refractivity contribution is -0.141. The monoisotopic (exact) mass is 266 g/mol. The molecular formula is C12H18N4O3. The zero-order chi connectivity index (χ0) is 14.0. The van der Waals surface area contributed by atoms with E-state index in [0.29, 0.717) is 24.4 Å². The molecule has 2 rings (SSSR count). The molecule has 0 saturated heterocycles. The standard InChI is InChI=1S/C12H18N4O3/c1-8-6-9(15-19-8)14-10(17)7-16(2)11(18)12(13)4-3-5-12/h6H,3-5,7,13H2,1-2H3,(H,14,15,17). The zero-order valence-electron chi connectivity index (χ0n) is 11.1. The van der Waals surface area contributed by atoms with Crippen LogP contribution in [0.5, 0.6) is 0 Å². The highest BCUT2D eigenvalue weighted by atomic mass is 16.5. The summed E-state index contributed by atoms with van der Waals surface area (Å²) in [6, 6.07) is 1.61. The summed E-state index contributed by atoms with van der Waals surface area (Å²) in [4.78, 5) is 25.1. The number of nitrogens with two attached hydrogens (primary N) is 1. The largest absolute Gasteiger partial charge is 0.360 e. The number of likely N-dealkylation sites (N-methyl/N-ethyl adjacent to an activating group) is 1. The number of aromatic nitrogens is 1. The first kappa shape index (κ1) is 13.5. The fourth-order valence-corrected chi connectivity index (χ4v) is 2.05. The van der Waals surface area contributed by atoms with E-state index >= 15 is 0 Å². The van der Waals surface area contributed by atoms with Crippen LogP contribution in [0, 0.1) is 6.92 Å². The molecule has 3 N–H and O–H groups in total. The molecule has 1 aliphatic rings. The van der Waals surface area contributed by atoms with Crippen LogP contribution in [0.1, 0.15) is 25.0 Å². The molecule has 0 aromatic carbocycles. The molecule has 1 aromatic heterocycles. The van der Waals surface area contributed by atoms with Crippen LogP contribution in [0.25, 0.3) is 0 Å². The smallest absolute Gasteiger partial charge is 0.245 e. The van der Waals surface area contributed by atoms with E-state index in [1.54, 1.807) is 20.0 Å². The van der Waals surface area contributed by atoms with Crippen LogP contribution < -0.4 is 11.1 Å². The predicted molar refractivity (Wildman–Crippen MR) is 68.3 cm³/mol. The lowest BCUT2D eigenvalue weighted by Gasteiger charge is -2.38. The molecule has 7 nitrogen and oxygen atoms in total. The van der Waals surface area contributed by atoms with Crippen molar-refractivity contribution in [2.45, 2.75) is 31.7 Å². The normalized spacial score (nSPS) is 16.6. The van der Waals surface area contributed by atoms with Gasteiger partial charge in [-0.15, -0.1) is 0 Å². The summed E-state index contributed by atoms with van der Waals surface area (Å²) < 4.78 is 4.83. The molecular weight excluding hydrogens is 248 g/mol. The summed E-state index contributed by atoms with van der Waals surface area (Å²) in [6.07, 6.45) is 2.32. The summed E-state index contributed by atoms with van der Waals surface area (Å²) in [6.45, 7) is 1.68. The van der Waals surface area contributed by atoms with E-state index in [1.165, 1.54) is 4.90 Å². The third-order valence-electron chi connectivity index (χ3n) is 3.29. The molecule has 1 fully saturated rings. The quantitative estimate of drug-likeness (QED) is 0.814. The van der Waals surface area contributed by atoms with E-state index in [1.807, 2.05) is 0 Å². The Morgan fingerprint density at radius 3 is 2.74 bits per heavy atom. The Kier molecular flexibility index (Phi) is 3.57. The molecule has 0 unspecified atom stereocenters. The lowest BCUT2D eigenvalue weighted by Crippen LogP contribution is -2.59. The third-order valence-corrected chi connectivity index (χ3v) is 3.29. The number of hydrogen-bond acceptors (Lipinski definition) is 5. The lowest BCUT2D eigenvalue weighted by atomic mass is 9.76. The fourth-order valence-electron chi connectivity index (χ4n) is 2.05. The highest BCUT2D eigenvalue weighted by Gasteiger charge is 2.42. The molecule has 0 radical (unpaired) electrons. The van der Waals surface area contributed by atoms with Gasteiger partial charge < -0.3 is 20.5 Å². The minimum Gasteiger partial charge on any atom is -0.360 e. The van der Waals surface area contributed by atoms with Gasteiger partial charge in [0.15, 0.2) is 5.82 Å². The summed E-state index contributed by atoms with van der Waals surface area (Å²) in [5, 5.41) is 6.21. The Hall–Kier alpha value is -1.89. The van der Waals surface area contributed by atoms with Crippen LogP contribution in [0.3, 0.4) is 0 Å². The van der Waals surface area contributed by atoms with Crippen molar-refractivity contribution in [3.63, 3.8) is 0 Å². The van der Waals surface area contributed by atoms with Crippen molar-refractivity contribution in [3.8, 4) is 0 Å². The Morgan fingerprint density at radius 2 is 2.26 bits per heavy atom. The Bertz CT molecular complexity index is 493. The average Bonchev–Trinajstić information content (AvgIpc) is 2.70. The summed E-state index contributed by atoms with van der Waals surface area (Å²) in [5.74, 6) is 0.432. The minimum absolute atomic E-state index is 0.0519. The zero-order valence-corrected chi connectivity index (χ0v) is 11.1. The first-order chi connectivity index (χ1) is 8.90. The van der Waals surface area contributed by atoms with E-state index in [0.717, 1.165) is 6.42 Å². The minimum atomic E-state index is -0.778. The summed E-state index contributed by atoms with van der Waals surface area (Å²) in [7, 11) is 1.57. The molecule has 1 saturated carbocycles. The van der Waals surface area contributed by atoms with Crippen LogP contribution in [0.4, 0.5) is 5.82 Å². The van der Waals surface area contributed by atoms with Crippen LogP contribution >= 0.6 is 0 Å². The molecule has 0 atom stereocenters. The van der Waals surface area contributed by atoms with E-state index in [2.05, 4.69) is 10.5 Å². The van der Waals surface area contributed by atoms with Crippen molar-refractivity contribution in [2.75, 3.05) is 18.9 Å². The molecule has 7 heteroatoms. The van der Waals surface area contributed by atoms with Gasteiger partial charge in [-0.05, 0) is 26.2 Å². The van der Waals surface area contributed by atoms with E-state index in [-0.39, 0.29) is 18.4 Å². The second kappa shape index (κ2) is 5.00. The van der Waals surface area contributed by atoms with Gasteiger partial charge in [0.05, 0.1) is 12.1 Å². The maximum atomic E-state index is 12.0. The number of carbonyl (C=O) groups is 2. The number of rotatable bonds is 4. The number of amides is 2. The fraction of sp³-hybridized carbons (Fsp3) is 0.583. The van der Waals surface area contributed by atoms with Gasteiger partial charge in [0, 0.05) is 13.1 Å². The van der Waals surface area contributed by atoms with Crippen molar-refractivity contribution < 1.29 is 14.1 Å². The van der Waals surface area contributed by atoms with Gasteiger partial charge in [-0.3, -0.25) is 9.59 Å². The first-order valence-electron chi connectivity index (χ1n) is 6.18. The Labute approximate surface area is 111 Å². The van der Waals surface area contributed by atoms with Crippen molar-refractivity contribution in [2.24, 2.45) is 5.73 Å². The SMILES string of the molecule is Cc1cc(NC(=O)CN(C)C(=O)C2(N)CCC2)no1. The van der Waals surface area contributed by atoms with Gasteiger partial charge in [0.1, 0.15) is 5.76 Å². The van der Waals surface area contributed by atoms with E-state index < -0.39 is 5.54 Å². The Balaban J connectivity index is 1.86. The highest BCUT2D eigenvalue weighted by molar-refractivity contribution is 5.95. The molecule has 1 heterocycles. The Morgan fingerprint density at radius 1 is 1.58 bits per heavy atom. The molecule has 19 heavy (non-hydrogen) atoms. The molecule has 0 spiro atoms. The van der Waals surface area contributed by atoms with Crippen molar-refractivity contribution >= 4 is 17.6 Å². The maximum absolute atomic E-state index is 12.0. The summed E-state index contributed by atoms with van der Waals surface area (Å²) >= 11 is 0. The molecule has 104 valence electrons. The van der Waals surface area contributed by atoms with Gasteiger partial charge >= 0.3 is 0 Å².